The van der Waals surface area contributed by atoms with Crippen molar-refractivity contribution in [3.8, 4) is 12.3 Å². The zero-order valence-electron chi connectivity index (χ0n) is 5.37. The summed E-state index contributed by atoms with van der Waals surface area (Å²) in [5.41, 5.74) is 0.375. The highest BCUT2D eigenvalue weighted by atomic mass is 32.2. The van der Waals surface area contributed by atoms with Crippen LogP contribution < -0.4 is 0 Å². The van der Waals surface area contributed by atoms with E-state index < -0.39 is 16.2 Å². The summed E-state index contributed by atoms with van der Waals surface area (Å²) in [5, 5.41) is 0.970. The zero-order valence-corrected chi connectivity index (χ0v) is 6.18. The van der Waals surface area contributed by atoms with Crippen molar-refractivity contribution in [3.63, 3.8) is 0 Å². The summed E-state index contributed by atoms with van der Waals surface area (Å²) in [6.07, 6.45) is 4.49. The van der Waals surface area contributed by atoms with Crippen molar-refractivity contribution in [2.75, 3.05) is 0 Å². The van der Waals surface area contributed by atoms with Gasteiger partial charge >= 0.3 is 0 Å². The van der Waals surface area contributed by atoms with Gasteiger partial charge in [-0.15, -0.1) is 6.42 Å². The van der Waals surface area contributed by atoms with E-state index in [1.807, 2.05) is 0 Å². The normalized spacial score (nSPS) is 29.2. The molecule has 0 aromatic rings. The Morgan fingerprint density at radius 2 is 2.40 bits per heavy atom. The zero-order chi connectivity index (χ0) is 7.78. The van der Waals surface area contributed by atoms with Gasteiger partial charge in [-0.2, -0.15) is 8.42 Å². The van der Waals surface area contributed by atoms with Crippen molar-refractivity contribution in [2.24, 2.45) is 0 Å². The molecule has 1 aliphatic heterocycles. The van der Waals surface area contributed by atoms with Crippen molar-refractivity contribution in [3.05, 3.63) is 11.0 Å². The molecule has 0 spiro atoms. The van der Waals surface area contributed by atoms with Crippen LogP contribution in [-0.4, -0.2) is 14.5 Å². The molecule has 10 heavy (non-hydrogen) atoms. The molecule has 1 aliphatic rings. The molecule has 0 aromatic carbocycles. The Labute approximate surface area is 59.8 Å². The van der Waals surface area contributed by atoms with Crippen LogP contribution in [0.3, 0.4) is 0 Å². The molecular formula is C6H6O3S. The molecule has 0 amide bonds. The van der Waals surface area contributed by atoms with Gasteiger partial charge in [0, 0.05) is 5.57 Å². The predicted octanol–water partition coefficient (Wildman–Crippen LogP) is 0.252. The minimum absolute atomic E-state index is 0.375. The molecule has 1 heterocycles. The van der Waals surface area contributed by atoms with Gasteiger partial charge in [0.1, 0.15) is 6.10 Å². The lowest BCUT2D eigenvalue weighted by molar-refractivity contribution is 0.284. The summed E-state index contributed by atoms with van der Waals surface area (Å²) in [7, 11) is -3.46. The first kappa shape index (κ1) is 7.32. The average molecular weight is 158 g/mol. The van der Waals surface area contributed by atoms with Gasteiger partial charge in [-0.05, 0) is 6.92 Å². The SMILES string of the molecule is C#CC1=CS(=O)(=O)OC1C. The fourth-order valence-electron chi connectivity index (χ4n) is 0.683. The summed E-state index contributed by atoms with van der Waals surface area (Å²) >= 11 is 0. The van der Waals surface area contributed by atoms with Crippen LogP contribution in [0.15, 0.2) is 11.0 Å². The molecule has 1 unspecified atom stereocenters. The third-order valence-corrected chi connectivity index (χ3v) is 2.25. The van der Waals surface area contributed by atoms with Crippen LogP contribution in [0.4, 0.5) is 0 Å². The Kier molecular flexibility index (Phi) is 1.55. The van der Waals surface area contributed by atoms with Crippen LogP contribution in [0.2, 0.25) is 0 Å². The lowest BCUT2D eigenvalue weighted by atomic mass is 10.2. The highest BCUT2D eigenvalue weighted by Crippen LogP contribution is 2.19. The highest BCUT2D eigenvalue weighted by Gasteiger charge is 2.25. The van der Waals surface area contributed by atoms with E-state index in [1.54, 1.807) is 6.92 Å². The second-order valence-corrected chi connectivity index (χ2v) is 3.36. The fraction of sp³-hybridized carbons (Fsp3) is 0.333. The standard InChI is InChI=1S/C6H6O3S/c1-3-6-4-10(7,8)9-5(6)2/h1,4-5H,2H3. The first-order valence-electron chi connectivity index (χ1n) is 2.66. The van der Waals surface area contributed by atoms with Crippen LogP contribution in [0, 0.1) is 12.3 Å². The van der Waals surface area contributed by atoms with Crippen molar-refractivity contribution in [2.45, 2.75) is 13.0 Å². The summed E-state index contributed by atoms with van der Waals surface area (Å²) in [5.74, 6) is 2.23. The van der Waals surface area contributed by atoms with Gasteiger partial charge in [0.15, 0.2) is 0 Å². The number of rotatable bonds is 0. The average Bonchev–Trinajstić information content (AvgIpc) is 2.05. The van der Waals surface area contributed by atoms with E-state index in [2.05, 4.69) is 10.1 Å². The largest absolute Gasteiger partial charge is 0.291 e. The third kappa shape index (κ3) is 1.20. The molecule has 0 bridgehead atoms. The third-order valence-electron chi connectivity index (χ3n) is 1.15. The van der Waals surface area contributed by atoms with Gasteiger partial charge in [0.05, 0.1) is 5.41 Å². The maximum absolute atomic E-state index is 10.6. The van der Waals surface area contributed by atoms with Crippen molar-refractivity contribution in [1.82, 2.24) is 0 Å². The second-order valence-electron chi connectivity index (χ2n) is 1.95. The van der Waals surface area contributed by atoms with Crippen molar-refractivity contribution >= 4 is 10.1 Å². The topological polar surface area (TPSA) is 43.4 Å². The molecule has 1 atom stereocenters. The van der Waals surface area contributed by atoms with Gasteiger partial charge < -0.3 is 0 Å². The Morgan fingerprint density at radius 1 is 1.80 bits per heavy atom. The number of hydrogen-bond donors (Lipinski definition) is 0. The molecule has 1 rings (SSSR count). The van der Waals surface area contributed by atoms with Crippen LogP contribution in [0.1, 0.15) is 6.92 Å². The Bertz CT molecular complexity index is 304. The molecule has 0 fully saturated rings. The van der Waals surface area contributed by atoms with E-state index in [0.717, 1.165) is 5.41 Å². The van der Waals surface area contributed by atoms with E-state index in [0.29, 0.717) is 5.57 Å². The Morgan fingerprint density at radius 3 is 2.60 bits per heavy atom. The smallest absolute Gasteiger partial charge is 0.258 e. The van der Waals surface area contributed by atoms with Gasteiger partial charge in [0.2, 0.25) is 0 Å². The summed E-state index contributed by atoms with van der Waals surface area (Å²) in [6.45, 7) is 1.59. The Balaban J connectivity index is 3.08. The van der Waals surface area contributed by atoms with Gasteiger partial charge in [-0.3, -0.25) is 4.18 Å². The van der Waals surface area contributed by atoms with E-state index in [-0.39, 0.29) is 0 Å². The summed E-state index contributed by atoms with van der Waals surface area (Å²) in [4.78, 5) is 0. The molecule has 0 aromatic heterocycles. The van der Waals surface area contributed by atoms with Gasteiger partial charge in [-0.25, -0.2) is 0 Å². The summed E-state index contributed by atoms with van der Waals surface area (Å²) < 4.78 is 25.7. The van der Waals surface area contributed by atoms with Gasteiger partial charge in [-0.1, -0.05) is 5.92 Å². The van der Waals surface area contributed by atoms with Crippen molar-refractivity contribution < 1.29 is 12.6 Å². The lowest BCUT2D eigenvalue weighted by Gasteiger charge is -1.98. The fourth-order valence-corrected chi connectivity index (χ4v) is 1.82. The maximum Gasteiger partial charge on any atom is 0.291 e. The van der Waals surface area contributed by atoms with E-state index in [1.165, 1.54) is 0 Å². The molecule has 4 heteroatoms. The van der Waals surface area contributed by atoms with Crippen LogP contribution >= 0.6 is 0 Å². The lowest BCUT2D eigenvalue weighted by Crippen LogP contribution is -2.05. The molecule has 3 nitrogen and oxygen atoms in total. The molecule has 54 valence electrons. The minimum atomic E-state index is -3.46. The minimum Gasteiger partial charge on any atom is -0.258 e. The molecule has 0 aliphatic carbocycles. The second kappa shape index (κ2) is 2.11. The van der Waals surface area contributed by atoms with Crippen LogP contribution in [-0.2, 0) is 14.3 Å². The first-order chi connectivity index (χ1) is 4.55. The van der Waals surface area contributed by atoms with Crippen LogP contribution in [0.25, 0.3) is 0 Å². The highest BCUT2D eigenvalue weighted by molar-refractivity contribution is 7.90. The van der Waals surface area contributed by atoms with E-state index in [4.69, 9.17) is 6.42 Å². The molecule has 0 saturated carbocycles. The summed E-state index contributed by atoms with van der Waals surface area (Å²) in [6, 6.07) is 0. The quantitative estimate of drug-likeness (QED) is 0.375. The monoisotopic (exact) mass is 158 g/mol. The molecule has 0 saturated heterocycles. The van der Waals surface area contributed by atoms with Gasteiger partial charge in [0.25, 0.3) is 10.1 Å². The Hall–Kier alpha value is -0.790. The van der Waals surface area contributed by atoms with Crippen LogP contribution in [0.5, 0.6) is 0 Å². The molecule has 0 radical (unpaired) electrons. The number of hydrogen-bond acceptors (Lipinski definition) is 3. The first-order valence-corrected chi connectivity index (χ1v) is 4.14. The predicted molar refractivity (Wildman–Crippen MR) is 36.4 cm³/mol. The maximum atomic E-state index is 10.6. The van der Waals surface area contributed by atoms with E-state index >= 15 is 0 Å². The molecule has 0 N–H and O–H groups in total. The molecular weight excluding hydrogens is 152 g/mol. The number of terminal acetylenes is 1. The van der Waals surface area contributed by atoms with E-state index in [9.17, 15) is 8.42 Å². The van der Waals surface area contributed by atoms with Crippen molar-refractivity contribution in [1.29, 1.82) is 0 Å².